The van der Waals surface area contributed by atoms with Gasteiger partial charge in [0.2, 0.25) is 21.8 Å². The number of aryl methyl sites for hydroxylation is 2. The van der Waals surface area contributed by atoms with Gasteiger partial charge in [-0.25, -0.2) is 22.6 Å². The van der Waals surface area contributed by atoms with Crippen molar-refractivity contribution in [1.82, 2.24) is 25.2 Å². The summed E-state index contributed by atoms with van der Waals surface area (Å²) >= 11 is 0. The van der Waals surface area contributed by atoms with Crippen molar-refractivity contribution in [2.24, 2.45) is 11.8 Å². The second-order valence-corrected chi connectivity index (χ2v) is 18.8. The quantitative estimate of drug-likeness (QED) is 0.353. The van der Waals surface area contributed by atoms with Crippen LogP contribution in [0.15, 0.2) is 42.5 Å². The number of nitrogens with zero attached hydrogens (tertiary/aromatic N) is 2. The monoisotopic (exact) mass is 779 g/mol. The third-order valence-electron chi connectivity index (χ3n) is 11.9. The number of nitrogens with one attached hydrogen (secondary N) is 3. The van der Waals surface area contributed by atoms with Gasteiger partial charge in [0, 0.05) is 29.4 Å². The lowest BCUT2D eigenvalue weighted by molar-refractivity contribution is -0.141. The van der Waals surface area contributed by atoms with Crippen LogP contribution in [0.1, 0.15) is 89.8 Å². The Bertz CT molecular complexity index is 2100. The van der Waals surface area contributed by atoms with Gasteiger partial charge in [-0.2, -0.15) is 0 Å². The molecule has 4 amide bonds. The number of alkyl carbamates (subject to hydrolysis) is 1. The first kappa shape index (κ1) is 38.7. The molecule has 55 heavy (non-hydrogen) atoms. The number of rotatable bonds is 6. The number of hydrogen-bond donors (Lipinski definition) is 3. The molecule has 296 valence electrons. The summed E-state index contributed by atoms with van der Waals surface area (Å²) in [5.41, 5.74) is -0.598. The molecule has 15 heteroatoms. The van der Waals surface area contributed by atoms with E-state index in [1.165, 1.54) is 17.0 Å². The Morgan fingerprint density at radius 3 is 2.67 bits per heavy atom. The van der Waals surface area contributed by atoms with Crippen LogP contribution in [-0.2, 0) is 35.6 Å². The Balaban J connectivity index is 1.24. The van der Waals surface area contributed by atoms with E-state index in [-0.39, 0.29) is 25.5 Å². The van der Waals surface area contributed by atoms with Crippen molar-refractivity contribution in [1.29, 1.82) is 0 Å². The number of hydrogen-bond acceptors (Lipinski definition) is 9. The number of aromatic nitrogens is 1. The Kier molecular flexibility index (Phi) is 10.00. The van der Waals surface area contributed by atoms with Gasteiger partial charge in [0.15, 0.2) is 5.54 Å². The lowest BCUT2D eigenvalue weighted by Gasteiger charge is -2.36. The third kappa shape index (κ3) is 7.20. The van der Waals surface area contributed by atoms with Crippen molar-refractivity contribution in [2.75, 3.05) is 13.2 Å². The number of carbonyl (C=O) groups is 4. The molecule has 0 radical (unpaired) electrons. The van der Waals surface area contributed by atoms with E-state index >= 15 is 0 Å². The number of sulfonamides is 1. The van der Waals surface area contributed by atoms with Gasteiger partial charge in [-0.05, 0) is 82.4 Å². The first-order valence-corrected chi connectivity index (χ1v) is 20.7. The van der Waals surface area contributed by atoms with Crippen molar-refractivity contribution in [3.05, 3.63) is 59.6 Å². The molecule has 2 aromatic rings. The molecule has 3 N–H and O–H groups in total. The molecule has 0 bridgehead atoms. The van der Waals surface area contributed by atoms with Gasteiger partial charge in [-0.15, -0.1) is 0 Å². The third-order valence-corrected chi connectivity index (χ3v) is 14.1. The van der Waals surface area contributed by atoms with Crippen LogP contribution in [0, 0.1) is 24.6 Å². The number of amides is 4. The normalized spacial score (nSPS) is 29.5. The highest BCUT2D eigenvalue weighted by molar-refractivity contribution is 7.91. The molecular formula is C40H50FN5O8S. The van der Waals surface area contributed by atoms with E-state index in [2.05, 4.69) is 26.9 Å². The summed E-state index contributed by atoms with van der Waals surface area (Å²) in [5.74, 6) is -2.58. The van der Waals surface area contributed by atoms with E-state index in [0.29, 0.717) is 67.5 Å². The van der Waals surface area contributed by atoms with E-state index < -0.39 is 73.5 Å². The minimum atomic E-state index is -4.06. The Morgan fingerprint density at radius 2 is 1.95 bits per heavy atom. The van der Waals surface area contributed by atoms with Gasteiger partial charge >= 0.3 is 6.09 Å². The molecule has 7 rings (SSSR count). The van der Waals surface area contributed by atoms with E-state index in [0.717, 1.165) is 23.8 Å². The van der Waals surface area contributed by atoms with Crippen LogP contribution in [0.4, 0.5) is 9.18 Å². The summed E-state index contributed by atoms with van der Waals surface area (Å²) in [5, 5.41) is 6.37. The van der Waals surface area contributed by atoms with Crippen LogP contribution < -0.4 is 20.1 Å². The molecule has 3 aliphatic heterocycles. The molecule has 1 spiro atoms. The van der Waals surface area contributed by atoms with Crippen LogP contribution in [0.2, 0.25) is 0 Å². The SMILES string of the molecule is C=C1[C@H]2/C=C\CCCCC[C@H](NC(=O)OCC(C)C)C(=O)N3C[C@@]4(CCc5c(c(C)nc6cc(F)ccc56)O4)C[C@H]3C(=O)N[C@]12C(=O)NS(=O)(=O)C1(C)CC1. The molecule has 2 saturated carbocycles. The van der Waals surface area contributed by atoms with Gasteiger partial charge < -0.3 is 25.0 Å². The molecular weight excluding hydrogens is 730 g/mol. The first-order chi connectivity index (χ1) is 26.0. The molecule has 3 fully saturated rings. The topological polar surface area (TPSA) is 173 Å². The largest absolute Gasteiger partial charge is 0.483 e. The fourth-order valence-corrected chi connectivity index (χ4v) is 9.52. The molecule has 4 heterocycles. The molecule has 1 aromatic heterocycles. The number of pyridine rings is 1. The first-order valence-electron chi connectivity index (χ1n) is 19.3. The molecule has 2 aliphatic carbocycles. The number of allylic oxidation sites excluding steroid dienone is 1. The van der Waals surface area contributed by atoms with E-state index in [1.807, 2.05) is 19.9 Å². The molecule has 0 unspecified atom stereocenters. The second-order valence-electron chi connectivity index (χ2n) is 16.6. The molecule has 5 atom stereocenters. The maximum Gasteiger partial charge on any atom is 0.407 e. The van der Waals surface area contributed by atoms with Crippen molar-refractivity contribution < 1.29 is 41.5 Å². The fourth-order valence-electron chi connectivity index (χ4n) is 8.23. The van der Waals surface area contributed by atoms with E-state index in [4.69, 9.17) is 9.47 Å². The van der Waals surface area contributed by atoms with Crippen LogP contribution in [0.5, 0.6) is 5.75 Å². The highest BCUT2D eigenvalue weighted by Crippen LogP contribution is 2.52. The van der Waals surface area contributed by atoms with E-state index in [1.54, 1.807) is 26.0 Å². The van der Waals surface area contributed by atoms with Gasteiger partial charge in [0.25, 0.3) is 5.91 Å². The van der Waals surface area contributed by atoms with E-state index in [9.17, 15) is 32.0 Å². The summed E-state index contributed by atoms with van der Waals surface area (Å²) in [7, 11) is -4.06. The Hall–Kier alpha value is -4.53. The highest BCUT2D eigenvalue weighted by atomic mass is 32.2. The zero-order valence-electron chi connectivity index (χ0n) is 31.8. The lowest BCUT2D eigenvalue weighted by Crippen LogP contribution is -2.58. The molecule has 13 nitrogen and oxygen atoms in total. The number of benzene rings is 1. The van der Waals surface area contributed by atoms with Gasteiger partial charge in [-0.1, -0.05) is 45.4 Å². The Morgan fingerprint density at radius 1 is 1.18 bits per heavy atom. The summed E-state index contributed by atoms with van der Waals surface area (Å²) < 4.78 is 54.0. The minimum Gasteiger partial charge on any atom is -0.483 e. The average Bonchev–Trinajstić information content (AvgIpc) is 3.97. The highest BCUT2D eigenvalue weighted by Gasteiger charge is 2.67. The van der Waals surface area contributed by atoms with Crippen LogP contribution in [0.25, 0.3) is 10.9 Å². The zero-order valence-corrected chi connectivity index (χ0v) is 32.7. The van der Waals surface area contributed by atoms with Crippen LogP contribution in [0.3, 0.4) is 0 Å². The molecule has 5 aliphatic rings. The number of ether oxygens (including phenoxy) is 2. The zero-order chi connectivity index (χ0) is 39.5. The summed E-state index contributed by atoms with van der Waals surface area (Å²) in [6.07, 6.45) is 7.73. The predicted octanol–water partition coefficient (Wildman–Crippen LogP) is 4.66. The number of halogens is 1. The standard InChI is InChI=1S/C40H50FN5O8S/c1-23(2)21-53-37(50)43-30-12-10-8-6-7-9-11-29-24(3)40(29,36(49)45-55(51,52)38(5)17-18-38)44-34(47)32-20-39(22-46(32)35(30)48)16-15-28-27-14-13-26(41)19-31(27)42-25(4)33(28)54-39/h9,11,13-14,19,23,29-30,32H,3,6-8,10,12,15-18,20-22H2,1-2,4-5H3,(H,43,50)(H,44,47)(H,45,49)/b11-9-/t29-,30+,32+,39-,40-/m1/s1. The summed E-state index contributed by atoms with van der Waals surface area (Å²) in [4.78, 5) is 62.4. The summed E-state index contributed by atoms with van der Waals surface area (Å²) in [6, 6.07) is 2.23. The smallest absolute Gasteiger partial charge is 0.407 e. The number of carbonyl (C=O) groups excluding carboxylic acids is 4. The van der Waals surface area contributed by atoms with Gasteiger partial charge in [-0.3, -0.25) is 19.1 Å². The summed E-state index contributed by atoms with van der Waals surface area (Å²) in [6.45, 7) is 11.4. The average molecular weight is 780 g/mol. The lowest BCUT2D eigenvalue weighted by atomic mass is 9.87. The van der Waals surface area contributed by atoms with Crippen molar-refractivity contribution >= 4 is 44.7 Å². The maximum absolute atomic E-state index is 14.7. The fraction of sp³-hybridized carbons (Fsp3) is 0.575. The molecule has 1 aromatic carbocycles. The second kappa shape index (κ2) is 14.2. The van der Waals surface area contributed by atoms with Crippen molar-refractivity contribution in [3.8, 4) is 5.75 Å². The predicted molar refractivity (Wildman–Crippen MR) is 202 cm³/mol. The minimum absolute atomic E-state index is 0.0142. The van der Waals surface area contributed by atoms with Crippen molar-refractivity contribution in [2.45, 2.75) is 120 Å². The van der Waals surface area contributed by atoms with Gasteiger partial charge in [0.1, 0.15) is 29.3 Å². The Labute approximate surface area is 320 Å². The van der Waals surface area contributed by atoms with Crippen LogP contribution in [-0.4, -0.2) is 83.2 Å². The molecule has 1 saturated heterocycles. The van der Waals surface area contributed by atoms with Crippen LogP contribution >= 0.6 is 0 Å². The number of fused-ring (bicyclic) bond motifs is 5. The van der Waals surface area contributed by atoms with Gasteiger partial charge in [0.05, 0.1) is 29.1 Å². The van der Waals surface area contributed by atoms with Crippen molar-refractivity contribution in [3.63, 3.8) is 0 Å². The maximum atomic E-state index is 14.7.